The first kappa shape index (κ1) is 22.2. The third-order valence-corrected chi connectivity index (χ3v) is 6.98. The number of hydrogen-bond acceptors (Lipinski definition) is 8. The molecule has 5 rings (SSSR count). The van der Waals surface area contributed by atoms with Crippen LogP contribution in [0.3, 0.4) is 0 Å². The predicted molar refractivity (Wildman–Crippen MR) is 126 cm³/mol. The van der Waals surface area contributed by atoms with E-state index in [0.29, 0.717) is 30.5 Å². The van der Waals surface area contributed by atoms with Crippen LogP contribution in [0.25, 0.3) is 0 Å². The number of carbonyl (C=O) groups is 1. The lowest BCUT2D eigenvalue weighted by Gasteiger charge is -2.37. The molecule has 1 unspecified atom stereocenters. The van der Waals surface area contributed by atoms with Crippen molar-refractivity contribution in [1.82, 2.24) is 20.0 Å². The van der Waals surface area contributed by atoms with E-state index >= 15 is 0 Å². The van der Waals surface area contributed by atoms with Gasteiger partial charge in [-0.1, -0.05) is 0 Å². The summed E-state index contributed by atoms with van der Waals surface area (Å²) < 4.78 is 11.3. The van der Waals surface area contributed by atoms with E-state index in [0.717, 1.165) is 69.8 Å². The summed E-state index contributed by atoms with van der Waals surface area (Å²) in [5.74, 6) is 3.32. The van der Waals surface area contributed by atoms with Crippen LogP contribution in [0.4, 0.5) is 11.6 Å². The topological polar surface area (TPSA) is 78.2 Å². The van der Waals surface area contributed by atoms with E-state index in [1.165, 1.54) is 12.8 Å². The van der Waals surface area contributed by atoms with Gasteiger partial charge in [0.05, 0.1) is 11.7 Å². The Hall–Kier alpha value is -2.65. The summed E-state index contributed by atoms with van der Waals surface area (Å²) >= 11 is 0. The Morgan fingerprint density at radius 3 is 2.12 bits per heavy atom. The van der Waals surface area contributed by atoms with Gasteiger partial charge in [-0.15, -0.1) is 10.2 Å². The fourth-order valence-corrected chi connectivity index (χ4v) is 5.04. The second-order valence-electron chi connectivity index (χ2n) is 9.28. The number of ether oxygens (including phenoxy) is 1. The molecule has 5 heterocycles. The molecule has 1 amide bonds. The minimum Gasteiger partial charge on any atom is -0.466 e. The van der Waals surface area contributed by atoms with Crippen molar-refractivity contribution in [2.75, 3.05) is 75.3 Å². The molecule has 0 spiro atoms. The molecule has 9 nitrogen and oxygen atoms in total. The van der Waals surface area contributed by atoms with Crippen LogP contribution in [0.2, 0.25) is 0 Å². The molecule has 2 aromatic rings. The van der Waals surface area contributed by atoms with Gasteiger partial charge in [-0.2, -0.15) is 0 Å². The fraction of sp³-hybridized carbons (Fsp3) is 0.625. The lowest BCUT2D eigenvalue weighted by Crippen LogP contribution is -2.49. The Morgan fingerprint density at radius 1 is 0.970 bits per heavy atom. The van der Waals surface area contributed by atoms with Gasteiger partial charge in [-0.25, -0.2) is 0 Å². The molecule has 0 bridgehead atoms. The minimum absolute atomic E-state index is 0.0454. The van der Waals surface area contributed by atoms with Gasteiger partial charge in [-0.3, -0.25) is 9.69 Å². The van der Waals surface area contributed by atoms with Gasteiger partial charge in [0.15, 0.2) is 11.6 Å². The van der Waals surface area contributed by atoms with E-state index in [1.807, 2.05) is 24.8 Å². The van der Waals surface area contributed by atoms with Gasteiger partial charge in [0.1, 0.15) is 11.5 Å². The zero-order valence-electron chi connectivity index (χ0n) is 19.7. The highest BCUT2D eigenvalue weighted by Crippen LogP contribution is 2.21. The average molecular weight is 455 g/mol. The number of hydrogen-bond donors (Lipinski definition) is 0. The van der Waals surface area contributed by atoms with Gasteiger partial charge in [-0.05, 0) is 44.9 Å². The van der Waals surface area contributed by atoms with Crippen molar-refractivity contribution in [3.05, 3.63) is 35.3 Å². The number of carbonyl (C=O) groups excluding carboxylic acids is 1. The Labute approximate surface area is 195 Å². The number of aromatic nitrogens is 2. The summed E-state index contributed by atoms with van der Waals surface area (Å²) in [6.07, 6.45) is 2.80. The number of amides is 1. The Kier molecular flexibility index (Phi) is 6.50. The molecule has 1 atom stereocenters. The van der Waals surface area contributed by atoms with Gasteiger partial charge >= 0.3 is 0 Å². The largest absolute Gasteiger partial charge is 0.466 e. The highest BCUT2D eigenvalue weighted by atomic mass is 16.5. The summed E-state index contributed by atoms with van der Waals surface area (Å²) in [4.78, 5) is 21.7. The average Bonchev–Trinajstić information content (AvgIpc) is 3.48. The SMILES string of the molecule is Cc1cc(C(=O)N2CCN(c3ccc(N4CCN(CC5CCCO5)CC4)nn3)CC2)c(C)o1. The second kappa shape index (κ2) is 9.69. The highest BCUT2D eigenvalue weighted by molar-refractivity contribution is 5.95. The zero-order chi connectivity index (χ0) is 22.8. The van der Waals surface area contributed by atoms with Crippen LogP contribution >= 0.6 is 0 Å². The van der Waals surface area contributed by atoms with Crippen LogP contribution in [0.15, 0.2) is 22.6 Å². The Balaban J connectivity index is 1.11. The second-order valence-corrected chi connectivity index (χ2v) is 9.28. The third-order valence-electron chi connectivity index (χ3n) is 6.98. The van der Waals surface area contributed by atoms with Crippen LogP contribution in [0.1, 0.15) is 34.7 Å². The standard InChI is InChI=1S/C24H34N6O3/c1-18-16-21(19(2)33-18)24(31)30-13-11-29(12-14-30)23-6-5-22(25-26-23)28-9-7-27(8-10-28)17-20-4-3-15-32-20/h5-6,16,20H,3-4,7-15,17H2,1-2H3. The van der Waals surface area contributed by atoms with E-state index in [2.05, 4.69) is 37.0 Å². The van der Waals surface area contributed by atoms with Crippen molar-refractivity contribution in [2.24, 2.45) is 0 Å². The van der Waals surface area contributed by atoms with E-state index in [1.54, 1.807) is 0 Å². The summed E-state index contributed by atoms with van der Waals surface area (Å²) in [7, 11) is 0. The van der Waals surface area contributed by atoms with E-state index < -0.39 is 0 Å². The molecule has 0 saturated carbocycles. The molecule has 3 saturated heterocycles. The van der Waals surface area contributed by atoms with E-state index in [-0.39, 0.29) is 5.91 Å². The number of aryl methyl sites for hydroxylation is 2. The predicted octanol–water partition coefficient (Wildman–Crippen LogP) is 1.95. The van der Waals surface area contributed by atoms with Crippen molar-refractivity contribution in [2.45, 2.75) is 32.8 Å². The molecule has 178 valence electrons. The van der Waals surface area contributed by atoms with Crippen LogP contribution in [0.5, 0.6) is 0 Å². The van der Waals surface area contributed by atoms with Crippen LogP contribution < -0.4 is 9.80 Å². The molecule has 0 aromatic carbocycles. The number of piperazine rings is 2. The lowest BCUT2D eigenvalue weighted by molar-refractivity contribution is 0.0712. The van der Waals surface area contributed by atoms with E-state index in [4.69, 9.17) is 9.15 Å². The molecule has 0 radical (unpaired) electrons. The normalized spacial score (nSPS) is 22.2. The number of nitrogens with zero attached hydrogens (tertiary/aromatic N) is 6. The first-order chi connectivity index (χ1) is 16.1. The number of anilines is 2. The van der Waals surface area contributed by atoms with Crippen molar-refractivity contribution in [3.8, 4) is 0 Å². The minimum atomic E-state index is 0.0454. The van der Waals surface area contributed by atoms with Crippen LogP contribution in [0, 0.1) is 13.8 Å². The molecule has 0 aliphatic carbocycles. The van der Waals surface area contributed by atoms with E-state index in [9.17, 15) is 4.79 Å². The lowest BCUT2D eigenvalue weighted by atomic mass is 10.2. The Morgan fingerprint density at radius 2 is 1.61 bits per heavy atom. The van der Waals surface area contributed by atoms with Crippen molar-refractivity contribution in [3.63, 3.8) is 0 Å². The molecule has 0 N–H and O–H groups in total. The van der Waals surface area contributed by atoms with Gasteiger partial charge in [0.25, 0.3) is 5.91 Å². The number of furan rings is 1. The Bertz CT molecular complexity index is 940. The molecule has 33 heavy (non-hydrogen) atoms. The first-order valence-electron chi connectivity index (χ1n) is 12.1. The maximum Gasteiger partial charge on any atom is 0.257 e. The highest BCUT2D eigenvalue weighted by Gasteiger charge is 2.26. The molecule has 3 aliphatic rings. The molecular weight excluding hydrogens is 420 g/mol. The molecule has 3 aliphatic heterocycles. The number of rotatable bonds is 5. The van der Waals surface area contributed by atoms with Crippen molar-refractivity contribution in [1.29, 1.82) is 0 Å². The summed E-state index contributed by atoms with van der Waals surface area (Å²) in [5, 5.41) is 9.03. The molecule has 2 aromatic heterocycles. The third kappa shape index (κ3) is 4.99. The molecule has 9 heteroatoms. The monoisotopic (exact) mass is 454 g/mol. The quantitative estimate of drug-likeness (QED) is 0.679. The molecule has 3 fully saturated rings. The first-order valence-corrected chi connectivity index (χ1v) is 12.1. The van der Waals surface area contributed by atoms with Gasteiger partial charge < -0.3 is 23.9 Å². The summed E-state index contributed by atoms with van der Waals surface area (Å²) in [6, 6.07) is 5.96. The van der Waals surface area contributed by atoms with Gasteiger partial charge in [0, 0.05) is 65.5 Å². The zero-order valence-corrected chi connectivity index (χ0v) is 19.7. The molecular formula is C24H34N6O3. The maximum absolute atomic E-state index is 12.8. The van der Waals surface area contributed by atoms with Crippen molar-refractivity contribution < 1.29 is 13.9 Å². The smallest absolute Gasteiger partial charge is 0.257 e. The van der Waals surface area contributed by atoms with Crippen LogP contribution in [-0.2, 0) is 4.74 Å². The maximum atomic E-state index is 12.8. The summed E-state index contributed by atoms with van der Waals surface area (Å²) in [6.45, 7) is 12.5. The van der Waals surface area contributed by atoms with Gasteiger partial charge in [0.2, 0.25) is 0 Å². The summed E-state index contributed by atoms with van der Waals surface area (Å²) in [5.41, 5.74) is 0.668. The van der Waals surface area contributed by atoms with Crippen molar-refractivity contribution >= 4 is 17.5 Å². The fourth-order valence-electron chi connectivity index (χ4n) is 5.04. The van der Waals surface area contributed by atoms with Crippen LogP contribution in [-0.4, -0.2) is 97.5 Å².